The SMILES string of the molecule is CCNC(=NCC1CCCC1)N1CCN(CC2CCOC2)CC1. The van der Waals surface area contributed by atoms with E-state index in [9.17, 15) is 0 Å². The van der Waals surface area contributed by atoms with Crippen molar-refractivity contribution in [2.45, 2.75) is 39.0 Å². The predicted octanol–water partition coefficient (Wildman–Crippen LogP) is 1.80. The molecule has 0 bridgehead atoms. The summed E-state index contributed by atoms with van der Waals surface area (Å²) in [5, 5.41) is 3.50. The number of piperazine rings is 1. The molecule has 5 nitrogen and oxygen atoms in total. The van der Waals surface area contributed by atoms with E-state index in [0.717, 1.165) is 70.3 Å². The molecule has 1 aliphatic carbocycles. The minimum atomic E-state index is 0.755. The van der Waals surface area contributed by atoms with Gasteiger partial charge in [-0.3, -0.25) is 9.89 Å². The molecule has 1 saturated carbocycles. The fraction of sp³-hybridized carbons (Fsp3) is 0.944. The van der Waals surface area contributed by atoms with Gasteiger partial charge < -0.3 is 15.0 Å². The topological polar surface area (TPSA) is 40.1 Å². The van der Waals surface area contributed by atoms with Crippen molar-refractivity contribution in [3.8, 4) is 0 Å². The van der Waals surface area contributed by atoms with Gasteiger partial charge in [0.2, 0.25) is 0 Å². The molecule has 5 heteroatoms. The smallest absolute Gasteiger partial charge is 0.194 e. The Hall–Kier alpha value is -0.810. The number of ether oxygens (including phenoxy) is 1. The number of rotatable bonds is 5. The zero-order valence-electron chi connectivity index (χ0n) is 14.8. The third-order valence-electron chi connectivity index (χ3n) is 5.52. The standard InChI is InChI=1S/C18H34N4O/c1-2-19-18(20-13-16-5-3-4-6-16)22-10-8-21(9-11-22)14-17-7-12-23-15-17/h16-17H,2-15H2,1H3,(H,19,20). The lowest BCUT2D eigenvalue weighted by Crippen LogP contribution is -2.53. The molecule has 3 aliphatic rings. The van der Waals surface area contributed by atoms with E-state index >= 15 is 0 Å². The van der Waals surface area contributed by atoms with E-state index in [1.807, 2.05) is 0 Å². The normalized spacial score (nSPS) is 27.8. The first-order valence-electron chi connectivity index (χ1n) is 9.68. The van der Waals surface area contributed by atoms with Gasteiger partial charge in [0.25, 0.3) is 0 Å². The summed E-state index contributed by atoms with van der Waals surface area (Å²) in [6.07, 6.45) is 6.80. The Morgan fingerprint density at radius 2 is 1.87 bits per heavy atom. The Morgan fingerprint density at radius 3 is 2.52 bits per heavy atom. The zero-order valence-corrected chi connectivity index (χ0v) is 14.8. The summed E-state index contributed by atoms with van der Waals surface area (Å²) in [7, 11) is 0. The van der Waals surface area contributed by atoms with Gasteiger partial charge in [0.05, 0.1) is 6.61 Å². The molecule has 0 aromatic rings. The van der Waals surface area contributed by atoms with Crippen LogP contribution in [-0.4, -0.2) is 74.8 Å². The fourth-order valence-electron chi connectivity index (χ4n) is 4.07. The van der Waals surface area contributed by atoms with Crippen LogP contribution in [0.25, 0.3) is 0 Å². The Morgan fingerprint density at radius 1 is 1.09 bits per heavy atom. The van der Waals surface area contributed by atoms with Gasteiger partial charge in [-0.2, -0.15) is 0 Å². The van der Waals surface area contributed by atoms with E-state index < -0.39 is 0 Å². The van der Waals surface area contributed by atoms with E-state index in [0.29, 0.717) is 0 Å². The van der Waals surface area contributed by atoms with Crippen molar-refractivity contribution in [3.05, 3.63) is 0 Å². The lowest BCUT2D eigenvalue weighted by molar-refractivity contribution is 0.139. The number of aliphatic imine (C=N–C) groups is 1. The molecule has 2 heterocycles. The first kappa shape index (κ1) is 17.0. The molecule has 0 amide bonds. The van der Waals surface area contributed by atoms with Crippen LogP contribution in [0, 0.1) is 11.8 Å². The second kappa shape index (κ2) is 8.88. The molecule has 0 radical (unpaired) electrons. The second-order valence-electron chi connectivity index (χ2n) is 7.36. The predicted molar refractivity (Wildman–Crippen MR) is 94.9 cm³/mol. The number of nitrogens with one attached hydrogen (secondary N) is 1. The van der Waals surface area contributed by atoms with Gasteiger partial charge in [-0.05, 0) is 38.0 Å². The lowest BCUT2D eigenvalue weighted by atomic mass is 10.1. The average molecular weight is 322 g/mol. The molecular weight excluding hydrogens is 288 g/mol. The minimum absolute atomic E-state index is 0.755. The molecule has 1 atom stereocenters. The molecule has 0 spiro atoms. The second-order valence-corrected chi connectivity index (χ2v) is 7.36. The van der Waals surface area contributed by atoms with Crippen LogP contribution in [0.1, 0.15) is 39.0 Å². The van der Waals surface area contributed by atoms with Gasteiger partial charge in [-0.25, -0.2) is 0 Å². The quantitative estimate of drug-likeness (QED) is 0.619. The third-order valence-corrected chi connectivity index (χ3v) is 5.52. The van der Waals surface area contributed by atoms with E-state index in [-0.39, 0.29) is 0 Å². The van der Waals surface area contributed by atoms with Crippen LogP contribution in [0.3, 0.4) is 0 Å². The molecule has 0 aromatic heterocycles. The maximum absolute atomic E-state index is 5.50. The molecule has 23 heavy (non-hydrogen) atoms. The maximum Gasteiger partial charge on any atom is 0.194 e. The summed E-state index contributed by atoms with van der Waals surface area (Å²) in [5.74, 6) is 2.72. The summed E-state index contributed by atoms with van der Waals surface area (Å²) in [6.45, 7) is 11.8. The van der Waals surface area contributed by atoms with Gasteiger partial charge in [0.1, 0.15) is 0 Å². The summed E-state index contributed by atoms with van der Waals surface area (Å²) in [4.78, 5) is 10.0. The van der Waals surface area contributed by atoms with E-state index in [4.69, 9.17) is 9.73 Å². The van der Waals surface area contributed by atoms with Crippen molar-refractivity contribution >= 4 is 5.96 Å². The van der Waals surface area contributed by atoms with E-state index in [1.54, 1.807) is 0 Å². The van der Waals surface area contributed by atoms with Crippen LogP contribution < -0.4 is 5.32 Å². The van der Waals surface area contributed by atoms with E-state index in [2.05, 4.69) is 22.0 Å². The Labute approximate surface area is 141 Å². The van der Waals surface area contributed by atoms with Crippen molar-refractivity contribution in [1.29, 1.82) is 0 Å². The number of hydrogen-bond acceptors (Lipinski definition) is 3. The molecule has 2 saturated heterocycles. The van der Waals surface area contributed by atoms with Gasteiger partial charge in [-0.15, -0.1) is 0 Å². The van der Waals surface area contributed by atoms with Gasteiger partial charge >= 0.3 is 0 Å². The summed E-state index contributed by atoms with van der Waals surface area (Å²) < 4.78 is 5.50. The summed E-state index contributed by atoms with van der Waals surface area (Å²) in [5.41, 5.74) is 0. The Balaban J connectivity index is 1.45. The van der Waals surface area contributed by atoms with Crippen LogP contribution >= 0.6 is 0 Å². The van der Waals surface area contributed by atoms with Crippen molar-refractivity contribution in [1.82, 2.24) is 15.1 Å². The van der Waals surface area contributed by atoms with Crippen LogP contribution in [0.4, 0.5) is 0 Å². The highest BCUT2D eigenvalue weighted by Gasteiger charge is 2.24. The lowest BCUT2D eigenvalue weighted by Gasteiger charge is -2.37. The first-order valence-corrected chi connectivity index (χ1v) is 9.68. The molecule has 132 valence electrons. The average Bonchev–Trinajstić information content (AvgIpc) is 3.26. The molecule has 1 N–H and O–H groups in total. The highest BCUT2D eigenvalue weighted by molar-refractivity contribution is 5.80. The van der Waals surface area contributed by atoms with Gasteiger partial charge in [0, 0.05) is 52.4 Å². The molecular formula is C18H34N4O. The monoisotopic (exact) mass is 322 g/mol. The Kier molecular flexibility index (Phi) is 6.57. The number of nitrogens with zero attached hydrogens (tertiary/aromatic N) is 3. The van der Waals surface area contributed by atoms with Gasteiger partial charge in [-0.1, -0.05) is 12.8 Å². The first-order chi connectivity index (χ1) is 11.3. The highest BCUT2D eigenvalue weighted by Crippen LogP contribution is 2.24. The van der Waals surface area contributed by atoms with Crippen LogP contribution in [-0.2, 0) is 4.74 Å². The highest BCUT2D eigenvalue weighted by atomic mass is 16.5. The minimum Gasteiger partial charge on any atom is -0.381 e. The Bertz CT molecular complexity index is 367. The molecule has 3 rings (SSSR count). The van der Waals surface area contributed by atoms with Crippen molar-refractivity contribution < 1.29 is 4.74 Å². The molecule has 2 aliphatic heterocycles. The largest absolute Gasteiger partial charge is 0.381 e. The molecule has 0 aromatic carbocycles. The number of hydrogen-bond donors (Lipinski definition) is 1. The van der Waals surface area contributed by atoms with Crippen LogP contribution in [0.5, 0.6) is 0 Å². The zero-order chi connectivity index (χ0) is 15.9. The van der Waals surface area contributed by atoms with Crippen molar-refractivity contribution in [2.24, 2.45) is 16.8 Å². The van der Waals surface area contributed by atoms with Crippen molar-refractivity contribution in [2.75, 3.05) is 59.0 Å². The molecule has 3 fully saturated rings. The van der Waals surface area contributed by atoms with E-state index in [1.165, 1.54) is 38.6 Å². The third kappa shape index (κ3) is 5.08. The van der Waals surface area contributed by atoms with Crippen LogP contribution in [0.2, 0.25) is 0 Å². The maximum atomic E-state index is 5.50. The van der Waals surface area contributed by atoms with Crippen LogP contribution in [0.15, 0.2) is 4.99 Å². The van der Waals surface area contributed by atoms with Gasteiger partial charge in [0.15, 0.2) is 5.96 Å². The summed E-state index contributed by atoms with van der Waals surface area (Å²) in [6, 6.07) is 0. The summed E-state index contributed by atoms with van der Waals surface area (Å²) >= 11 is 0. The van der Waals surface area contributed by atoms with Crippen molar-refractivity contribution in [3.63, 3.8) is 0 Å². The number of guanidine groups is 1. The molecule has 1 unspecified atom stereocenters. The fourth-order valence-corrected chi connectivity index (χ4v) is 4.07.